The Morgan fingerprint density at radius 2 is 1.53 bits per heavy atom. The van der Waals surface area contributed by atoms with Gasteiger partial charge in [0.1, 0.15) is 0 Å². The van der Waals surface area contributed by atoms with Crippen LogP contribution in [0.1, 0.15) is 10.4 Å². The fourth-order valence-corrected chi connectivity index (χ4v) is 4.37. The number of rotatable bonds is 5. The maximum atomic E-state index is 13.4. The molecule has 0 saturated carbocycles. The Labute approximate surface area is 198 Å². The lowest BCUT2D eigenvalue weighted by Crippen LogP contribution is -2.52. The number of ether oxygens (including phenoxy) is 1. The zero-order valence-corrected chi connectivity index (χ0v) is 19.1. The van der Waals surface area contributed by atoms with Crippen LogP contribution in [0, 0.1) is 0 Å². The second-order valence-electron chi connectivity index (χ2n) is 8.50. The summed E-state index contributed by atoms with van der Waals surface area (Å²) in [6.07, 6.45) is 1.69. The molecule has 2 aliphatic heterocycles. The van der Waals surface area contributed by atoms with E-state index in [4.69, 9.17) is 9.15 Å². The predicted molar refractivity (Wildman–Crippen MR) is 127 cm³/mol. The fraction of sp³-hybridized carbons (Fsp3) is 0.346. The summed E-state index contributed by atoms with van der Waals surface area (Å²) in [4.78, 5) is 36.2. The molecule has 1 aromatic heterocycles. The van der Waals surface area contributed by atoms with Crippen LogP contribution in [0.5, 0.6) is 0 Å². The van der Waals surface area contributed by atoms with Gasteiger partial charge in [-0.25, -0.2) is 4.98 Å². The quantitative estimate of drug-likeness (QED) is 0.583. The largest absolute Gasteiger partial charge is 0.436 e. The minimum absolute atomic E-state index is 0.0470. The van der Waals surface area contributed by atoms with Gasteiger partial charge in [0.05, 0.1) is 31.5 Å². The fourth-order valence-electron chi connectivity index (χ4n) is 4.37. The summed E-state index contributed by atoms with van der Waals surface area (Å²) >= 11 is 0. The van der Waals surface area contributed by atoms with E-state index in [1.54, 1.807) is 6.20 Å². The van der Waals surface area contributed by atoms with Gasteiger partial charge in [-0.3, -0.25) is 14.5 Å². The topological polar surface area (TPSA) is 79.1 Å². The van der Waals surface area contributed by atoms with Crippen LogP contribution in [0.4, 0.5) is 0 Å². The number of hydrogen-bond donors (Lipinski definition) is 0. The molecule has 176 valence electrons. The average molecular weight is 461 g/mol. The van der Waals surface area contributed by atoms with Crippen LogP contribution < -0.4 is 0 Å². The first-order chi connectivity index (χ1) is 16.7. The van der Waals surface area contributed by atoms with E-state index in [1.165, 1.54) is 0 Å². The highest BCUT2D eigenvalue weighted by molar-refractivity contribution is 6.00. The second-order valence-corrected chi connectivity index (χ2v) is 8.50. The van der Waals surface area contributed by atoms with Crippen LogP contribution in [0.25, 0.3) is 22.8 Å². The molecule has 2 aliphatic rings. The van der Waals surface area contributed by atoms with E-state index in [0.717, 1.165) is 5.56 Å². The Bertz CT molecular complexity index is 1130. The Morgan fingerprint density at radius 1 is 0.824 bits per heavy atom. The number of benzene rings is 2. The highest BCUT2D eigenvalue weighted by Gasteiger charge is 2.27. The van der Waals surface area contributed by atoms with Gasteiger partial charge in [-0.2, -0.15) is 0 Å². The molecule has 5 rings (SSSR count). The molecule has 8 nitrogen and oxygen atoms in total. The molecule has 2 saturated heterocycles. The van der Waals surface area contributed by atoms with Gasteiger partial charge in [0, 0.05) is 50.4 Å². The molecule has 8 heteroatoms. The molecular formula is C26H28N4O4. The van der Waals surface area contributed by atoms with E-state index in [0.29, 0.717) is 81.8 Å². The van der Waals surface area contributed by atoms with E-state index >= 15 is 0 Å². The zero-order valence-electron chi connectivity index (χ0n) is 19.1. The number of aromatic nitrogens is 1. The first-order valence-electron chi connectivity index (χ1n) is 11.7. The van der Waals surface area contributed by atoms with Gasteiger partial charge < -0.3 is 19.0 Å². The molecule has 34 heavy (non-hydrogen) atoms. The SMILES string of the molecule is O=C(CN1CCN(C(=O)c2ccccc2-c2ncc(-c3ccccc3)o2)CC1)N1CCOCC1. The zero-order chi connectivity index (χ0) is 23.3. The molecule has 0 aliphatic carbocycles. The Kier molecular flexibility index (Phi) is 6.69. The number of oxazole rings is 1. The Balaban J connectivity index is 1.24. The Hall–Kier alpha value is -3.49. The summed E-state index contributed by atoms with van der Waals surface area (Å²) in [6.45, 7) is 5.38. The van der Waals surface area contributed by atoms with Crippen molar-refractivity contribution in [2.24, 2.45) is 0 Å². The van der Waals surface area contributed by atoms with Crippen molar-refractivity contribution >= 4 is 11.8 Å². The molecule has 0 N–H and O–H groups in total. The molecule has 0 spiro atoms. The van der Waals surface area contributed by atoms with Crippen molar-refractivity contribution in [3.05, 3.63) is 66.4 Å². The summed E-state index contributed by atoms with van der Waals surface area (Å²) in [6, 6.07) is 17.2. The van der Waals surface area contributed by atoms with Crippen LogP contribution in [-0.2, 0) is 9.53 Å². The summed E-state index contributed by atoms with van der Waals surface area (Å²) < 4.78 is 11.3. The van der Waals surface area contributed by atoms with Gasteiger partial charge in [-0.15, -0.1) is 0 Å². The van der Waals surface area contributed by atoms with E-state index in [-0.39, 0.29) is 11.8 Å². The lowest BCUT2D eigenvalue weighted by atomic mass is 10.1. The highest BCUT2D eigenvalue weighted by atomic mass is 16.5. The summed E-state index contributed by atoms with van der Waals surface area (Å²) in [5.74, 6) is 1.18. The first kappa shape index (κ1) is 22.3. The number of amides is 2. The number of morpholine rings is 1. The van der Waals surface area contributed by atoms with Crippen LogP contribution in [0.3, 0.4) is 0 Å². The standard InChI is InChI=1S/C26H28N4O4/c31-24(29-14-16-33-17-15-29)19-28-10-12-30(13-11-28)26(32)22-9-5-4-8-21(22)25-27-18-23(34-25)20-6-2-1-3-7-20/h1-9,18H,10-17,19H2. The molecule has 0 atom stereocenters. The molecule has 2 fully saturated rings. The van der Waals surface area contributed by atoms with E-state index in [2.05, 4.69) is 9.88 Å². The summed E-state index contributed by atoms with van der Waals surface area (Å²) in [7, 11) is 0. The minimum atomic E-state index is -0.0470. The summed E-state index contributed by atoms with van der Waals surface area (Å²) in [5.41, 5.74) is 2.19. The Morgan fingerprint density at radius 3 is 2.29 bits per heavy atom. The predicted octanol–water partition coefficient (Wildman–Crippen LogP) is 2.63. The number of nitrogens with zero attached hydrogens (tertiary/aromatic N) is 4. The maximum absolute atomic E-state index is 13.4. The lowest BCUT2D eigenvalue weighted by molar-refractivity contribution is -0.136. The van der Waals surface area contributed by atoms with Gasteiger partial charge in [0.2, 0.25) is 11.8 Å². The molecule has 0 radical (unpaired) electrons. The van der Waals surface area contributed by atoms with Crippen LogP contribution in [0.15, 0.2) is 65.2 Å². The van der Waals surface area contributed by atoms with E-state index in [1.807, 2.05) is 64.4 Å². The molecule has 2 amide bonds. The third-order valence-electron chi connectivity index (χ3n) is 6.33. The highest BCUT2D eigenvalue weighted by Crippen LogP contribution is 2.29. The van der Waals surface area contributed by atoms with Crippen LogP contribution >= 0.6 is 0 Å². The second kappa shape index (κ2) is 10.2. The lowest BCUT2D eigenvalue weighted by Gasteiger charge is -2.36. The third kappa shape index (κ3) is 4.88. The maximum Gasteiger partial charge on any atom is 0.254 e. The smallest absolute Gasteiger partial charge is 0.254 e. The summed E-state index contributed by atoms with van der Waals surface area (Å²) in [5, 5.41) is 0. The first-order valence-corrected chi connectivity index (χ1v) is 11.7. The van der Waals surface area contributed by atoms with Crippen LogP contribution in [0.2, 0.25) is 0 Å². The van der Waals surface area contributed by atoms with Crippen molar-refractivity contribution in [2.45, 2.75) is 0 Å². The normalized spacial score (nSPS) is 17.1. The van der Waals surface area contributed by atoms with Crippen LogP contribution in [-0.4, -0.2) is 90.5 Å². The van der Waals surface area contributed by atoms with Crippen molar-refractivity contribution in [3.8, 4) is 22.8 Å². The molecule has 0 bridgehead atoms. The molecule has 3 aromatic rings. The minimum Gasteiger partial charge on any atom is -0.436 e. The van der Waals surface area contributed by atoms with Crippen molar-refractivity contribution in [1.82, 2.24) is 19.7 Å². The van der Waals surface area contributed by atoms with Gasteiger partial charge in [0.25, 0.3) is 5.91 Å². The molecule has 0 unspecified atom stereocenters. The van der Waals surface area contributed by atoms with Crippen molar-refractivity contribution in [2.75, 3.05) is 59.0 Å². The molecule has 3 heterocycles. The number of carbonyl (C=O) groups excluding carboxylic acids is 2. The van der Waals surface area contributed by atoms with Crippen molar-refractivity contribution < 1.29 is 18.7 Å². The van der Waals surface area contributed by atoms with E-state index < -0.39 is 0 Å². The number of hydrogen-bond acceptors (Lipinski definition) is 6. The van der Waals surface area contributed by atoms with Crippen molar-refractivity contribution in [3.63, 3.8) is 0 Å². The van der Waals surface area contributed by atoms with Gasteiger partial charge in [-0.05, 0) is 12.1 Å². The average Bonchev–Trinajstić information content (AvgIpc) is 3.40. The molecular weight excluding hydrogens is 432 g/mol. The van der Waals surface area contributed by atoms with Gasteiger partial charge >= 0.3 is 0 Å². The van der Waals surface area contributed by atoms with Gasteiger partial charge in [0.15, 0.2) is 5.76 Å². The number of carbonyl (C=O) groups is 2. The van der Waals surface area contributed by atoms with E-state index in [9.17, 15) is 9.59 Å². The third-order valence-corrected chi connectivity index (χ3v) is 6.33. The number of piperazine rings is 1. The molecule has 2 aromatic carbocycles. The van der Waals surface area contributed by atoms with Crippen molar-refractivity contribution in [1.29, 1.82) is 0 Å². The van der Waals surface area contributed by atoms with Gasteiger partial charge in [-0.1, -0.05) is 42.5 Å². The monoisotopic (exact) mass is 460 g/mol.